The van der Waals surface area contributed by atoms with E-state index < -0.39 is 0 Å². The van der Waals surface area contributed by atoms with Gasteiger partial charge in [0.2, 0.25) is 0 Å². The van der Waals surface area contributed by atoms with Gasteiger partial charge in [-0.15, -0.1) is 0 Å². The number of nitrogens with one attached hydrogen (secondary N) is 1. The van der Waals surface area contributed by atoms with E-state index in [0.717, 1.165) is 56.9 Å². The summed E-state index contributed by atoms with van der Waals surface area (Å²) in [5, 5.41) is 3.45. The minimum atomic E-state index is -0.204. The molecule has 0 unspecified atom stereocenters. The van der Waals surface area contributed by atoms with Gasteiger partial charge >= 0.3 is 0 Å². The third-order valence-corrected chi connectivity index (χ3v) is 5.90. The number of piperidine rings is 1. The minimum absolute atomic E-state index is 0.120. The summed E-state index contributed by atoms with van der Waals surface area (Å²) < 4.78 is 13.0. The van der Waals surface area contributed by atoms with E-state index in [9.17, 15) is 9.18 Å². The standard InChI is InChI=1S/C23H28FN3O/c24-22-9-3-18(4-10-22)17-26-12-14-27(15-13-26)23(28)20-7-5-19(6-8-20)21-2-1-11-25-16-21/h3-10,21,25H,1-2,11-17H2/t21-/m1/s1. The first-order valence-corrected chi connectivity index (χ1v) is 10.3. The number of benzene rings is 2. The maximum atomic E-state index is 13.0. The molecule has 0 bridgehead atoms. The quantitative estimate of drug-likeness (QED) is 0.883. The van der Waals surface area contributed by atoms with Crippen molar-refractivity contribution in [1.82, 2.24) is 15.1 Å². The number of rotatable bonds is 4. The maximum Gasteiger partial charge on any atom is 0.253 e. The summed E-state index contributed by atoms with van der Waals surface area (Å²) in [4.78, 5) is 17.1. The van der Waals surface area contributed by atoms with Crippen LogP contribution in [0.5, 0.6) is 0 Å². The third kappa shape index (κ3) is 4.59. The fourth-order valence-corrected chi connectivity index (χ4v) is 4.17. The Hall–Kier alpha value is -2.24. The second-order valence-electron chi connectivity index (χ2n) is 7.86. The average molecular weight is 381 g/mol. The first kappa shape index (κ1) is 19.1. The van der Waals surface area contributed by atoms with Crippen LogP contribution in [0, 0.1) is 5.82 Å². The summed E-state index contributed by atoms with van der Waals surface area (Å²) in [5.74, 6) is 0.479. The van der Waals surface area contributed by atoms with Gasteiger partial charge in [0.15, 0.2) is 0 Å². The van der Waals surface area contributed by atoms with Crippen LogP contribution in [0.2, 0.25) is 0 Å². The fourth-order valence-electron chi connectivity index (χ4n) is 4.17. The Morgan fingerprint density at radius 3 is 2.36 bits per heavy atom. The molecule has 2 saturated heterocycles. The monoisotopic (exact) mass is 381 g/mol. The normalized spacial score (nSPS) is 20.9. The number of piperazine rings is 1. The largest absolute Gasteiger partial charge is 0.336 e. The highest BCUT2D eigenvalue weighted by molar-refractivity contribution is 5.94. The second-order valence-corrected chi connectivity index (χ2v) is 7.86. The van der Waals surface area contributed by atoms with Gasteiger partial charge in [0.25, 0.3) is 5.91 Å². The lowest BCUT2D eigenvalue weighted by atomic mass is 9.91. The molecule has 2 aromatic carbocycles. The molecule has 0 saturated carbocycles. The van der Waals surface area contributed by atoms with E-state index in [4.69, 9.17) is 0 Å². The second kappa shape index (κ2) is 8.84. The van der Waals surface area contributed by atoms with E-state index >= 15 is 0 Å². The van der Waals surface area contributed by atoms with Crippen LogP contribution in [-0.4, -0.2) is 55.0 Å². The zero-order valence-corrected chi connectivity index (χ0v) is 16.2. The van der Waals surface area contributed by atoms with Gasteiger partial charge in [-0.25, -0.2) is 4.39 Å². The Labute approximate surface area is 166 Å². The highest BCUT2D eigenvalue weighted by Gasteiger charge is 2.23. The Balaban J connectivity index is 1.30. The van der Waals surface area contributed by atoms with Gasteiger partial charge in [-0.3, -0.25) is 9.69 Å². The average Bonchev–Trinajstić information content (AvgIpc) is 2.76. The Morgan fingerprint density at radius 1 is 1.00 bits per heavy atom. The number of hydrogen-bond acceptors (Lipinski definition) is 3. The smallest absolute Gasteiger partial charge is 0.253 e. The molecule has 1 atom stereocenters. The van der Waals surface area contributed by atoms with Crippen molar-refractivity contribution in [2.24, 2.45) is 0 Å². The first-order valence-electron chi connectivity index (χ1n) is 10.3. The third-order valence-electron chi connectivity index (χ3n) is 5.90. The summed E-state index contributed by atoms with van der Waals surface area (Å²) in [6.07, 6.45) is 2.43. The van der Waals surface area contributed by atoms with E-state index in [-0.39, 0.29) is 11.7 Å². The fraction of sp³-hybridized carbons (Fsp3) is 0.435. The van der Waals surface area contributed by atoms with E-state index in [1.807, 2.05) is 29.2 Å². The SMILES string of the molecule is O=C(c1ccc([C@@H]2CCCNC2)cc1)N1CCN(Cc2ccc(F)cc2)CC1. The van der Waals surface area contributed by atoms with Crippen molar-refractivity contribution < 1.29 is 9.18 Å². The molecule has 2 aromatic rings. The van der Waals surface area contributed by atoms with Gasteiger partial charge in [-0.1, -0.05) is 24.3 Å². The number of amides is 1. The van der Waals surface area contributed by atoms with Gasteiger partial charge < -0.3 is 10.2 Å². The van der Waals surface area contributed by atoms with Gasteiger partial charge in [-0.2, -0.15) is 0 Å². The highest BCUT2D eigenvalue weighted by Crippen LogP contribution is 2.23. The van der Waals surface area contributed by atoms with Gasteiger partial charge in [0, 0.05) is 44.8 Å². The van der Waals surface area contributed by atoms with E-state index in [0.29, 0.717) is 5.92 Å². The molecule has 2 aliphatic rings. The summed E-state index contributed by atoms with van der Waals surface area (Å²) in [7, 11) is 0. The van der Waals surface area contributed by atoms with E-state index in [2.05, 4.69) is 22.3 Å². The van der Waals surface area contributed by atoms with Crippen LogP contribution in [0.25, 0.3) is 0 Å². The van der Waals surface area contributed by atoms with E-state index in [1.54, 1.807) is 0 Å². The molecule has 0 radical (unpaired) electrons. The molecule has 5 heteroatoms. The van der Waals surface area contributed by atoms with Crippen LogP contribution in [0.3, 0.4) is 0 Å². The predicted octanol–water partition coefficient (Wildman–Crippen LogP) is 3.25. The molecule has 2 aliphatic heterocycles. The Kier molecular flexibility index (Phi) is 6.03. The molecule has 0 spiro atoms. The topological polar surface area (TPSA) is 35.6 Å². The number of carbonyl (C=O) groups excluding carboxylic acids is 1. The molecule has 0 aliphatic carbocycles. The molecule has 0 aromatic heterocycles. The van der Waals surface area contributed by atoms with Crippen molar-refractivity contribution in [1.29, 1.82) is 0 Å². The zero-order chi connectivity index (χ0) is 19.3. The molecule has 1 amide bonds. The van der Waals surface area contributed by atoms with Gasteiger partial charge in [0.1, 0.15) is 5.82 Å². The molecule has 4 rings (SSSR count). The van der Waals surface area contributed by atoms with Gasteiger partial charge in [0.05, 0.1) is 0 Å². The van der Waals surface area contributed by atoms with Crippen LogP contribution in [0.4, 0.5) is 4.39 Å². The lowest BCUT2D eigenvalue weighted by molar-refractivity contribution is 0.0628. The summed E-state index contributed by atoms with van der Waals surface area (Å²) in [6.45, 7) is 6.09. The number of halogens is 1. The minimum Gasteiger partial charge on any atom is -0.336 e. The molecule has 2 fully saturated rings. The van der Waals surface area contributed by atoms with Crippen molar-refractivity contribution in [3.8, 4) is 0 Å². The number of hydrogen-bond donors (Lipinski definition) is 1. The van der Waals surface area contributed by atoms with E-state index in [1.165, 1.54) is 30.5 Å². The highest BCUT2D eigenvalue weighted by atomic mass is 19.1. The Bertz CT molecular complexity index is 776. The summed E-state index contributed by atoms with van der Waals surface area (Å²) in [5.41, 5.74) is 3.21. The van der Waals surface area contributed by atoms with Crippen molar-refractivity contribution in [3.05, 3.63) is 71.0 Å². The molecular weight excluding hydrogens is 353 g/mol. The number of nitrogens with zero attached hydrogens (tertiary/aromatic N) is 2. The predicted molar refractivity (Wildman–Crippen MR) is 109 cm³/mol. The van der Waals surface area contributed by atoms with Crippen molar-refractivity contribution in [3.63, 3.8) is 0 Å². The van der Waals surface area contributed by atoms with Crippen LogP contribution < -0.4 is 5.32 Å². The molecule has 4 nitrogen and oxygen atoms in total. The van der Waals surface area contributed by atoms with Crippen LogP contribution in [0.1, 0.15) is 40.2 Å². The molecule has 2 heterocycles. The van der Waals surface area contributed by atoms with Crippen LogP contribution >= 0.6 is 0 Å². The molecule has 148 valence electrons. The zero-order valence-electron chi connectivity index (χ0n) is 16.2. The van der Waals surface area contributed by atoms with Crippen LogP contribution in [-0.2, 0) is 6.54 Å². The number of carbonyl (C=O) groups is 1. The van der Waals surface area contributed by atoms with Crippen molar-refractivity contribution >= 4 is 5.91 Å². The molecule has 1 N–H and O–H groups in total. The lowest BCUT2D eigenvalue weighted by Crippen LogP contribution is -2.48. The Morgan fingerprint density at radius 2 is 1.71 bits per heavy atom. The molecular formula is C23H28FN3O. The maximum absolute atomic E-state index is 13.0. The van der Waals surface area contributed by atoms with Gasteiger partial charge in [-0.05, 0) is 60.7 Å². The molecule has 28 heavy (non-hydrogen) atoms. The lowest BCUT2D eigenvalue weighted by Gasteiger charge is -2.35. The summed E-state index contributed by atoms with van der Waals surface area (Å²) >= 11 is 0. The van der Waals surface area contributed by atoms with Crippen molar-refractivity contribution in [2.45, 2.75) is 25.3 Å². The van der Waals surface area contributed by atoms with Crippen LogP contribution in [0.15, 0.2) is 48.5 Å². The first-order chi connectivity index (χ1) is 13.7. The van der Waals surface area contributed by atoms with Crippen molar-refractivity contribution in [2.75, 3.05) is 39.3 Å². The summed E-state index contributed by atoms with van der Waals surface area (Å²) in [6, 6.07) is 14.9.